The van der Waals surface area contributed by atoms with Crippen molar-refractivity contribution in [1.29, 1.82) is 0 Å². The van der Waals surface area contributed by atoms with E-state index in [0.717, 1.165) is 25.9 Å². The molecular formula is C15H19FN2O2. The maximum Gasteiger partial charge on any atom is 0.258 e. The number of hydrogen-bond acceptors (Lipinski definition) is 3. The molecule has 2 aliphatic rings. The predicted molar refractivity (Wildman–Crippen MR) is 73.1 cm³/mol. The van der Waals surface area contributed by atoms with E-state index in [1.54, 1.807) is 0 Å². The molecule has 2 aliphatic heterocycles. The first-order chi connectivity index (χ1) is 9.66. The number of nitrogens with zero attached hydrogens (tertiary/aromatic N) is 1. The van der Waals surface area contributed by atoms with Gasteiger partial charge in [0, 0.05) is 18.6 Å². The summed E-state index contributed by atoms with van der Waals surface area (Å²) in [4.78, 5) is 14.6. The normalized spacial score (nSPS) is 26.2. The molecule has 1 aromatic rings. The number of phenolic OH excluding ortho intramolecular Hbond substituents is 1. The molecule has 2 N–H and O–H groups in total. The van der Waals surface area contributed by atoms with Crippen molar-refractivity contribution >= 4 is 5.91 Å². The SMILES string of the molecule is O=C(NC1CCN2CCCCC12)c1c(O)cccc1F. The summed E-state index contributed by atoms with van der Waals surface area (Å²) in [5.74, 6) is -1.50. The Hall–Kier alpha value is -1.62. The number of nitrogens with one attached hydrogen (secondary N) is 1. The number of phenols is 1. The van der Waals surface area contributed by atoms with Crippen LogP contribution in [0.15, 0.2) is 18.2 Å². The van der Waals surface area contributed by atoms with E-state index in [4.69, 9.17) is 0 Å². The molecule has 2 atom stereocenters. The molecule has 4 nitrogen and oxygen atoms in total. The molecule has 0 aliphatic carbocycles. The van der Waals surface area contributed by atoms with E-state index >= 15 is 0 Å². The summed E-state index contributed by atoms with van der Waals surface area (Å²) in [5.41, 5.74) is -0.248. The van der Waals surface area contributed by atoms with Crippen LogP contribution in [0.2, 0.25) is 0 Å². The van der Waals surface area contributed by atoms with Gasteiger partial charge in [0.25, 0.3) is 5.91 Å². The molecule has 108 valence electrons. The predicted octanol–water partition coefficient (Wildman–Crippen LogP) is 1.89. The maximum absolute atomic E-state index is 13.7. The second-order valence-corrected chi connectivity index (χ2v) is 5.60. The molecule has 0 aromatic heterocycles. The zero-order valence-electron chi connectivity index (χ0n) is 11.3. The molecule has 2 heterocycles. The molecule has 2 saturated heterocycles. The van der Waals surface area contributed by atoms with Crippen molar-refractivity contribution in [3.8, 4) is 5.75 Å². The Morgan fingerprint density at radius 1 is 1.30 bits per heavy atom. The number of aromatic hydroxyl groups is 1. The molecule has 1 aromatic carbocycles. The van der Waals surface area contributed by atoms with Crippen LogP contribution in [0.1, 0.15) is 36.0 Å². The second kappa shape index (κ2) is 5.40. The number of benzene rings is 1. The minimum Gasteiger partial charge on any atom is -0.507 e. The Bertz CT molecular complexity index is 500. The lowest BCUT2D eigenvalue weighted by atomic mass is 9.98. The highest BCUT2D eigenvalue weighted by molar-refractivity contribution is 5.97. The lowest BCUT2D eigenvalue weighted by molar-refractivity contribution is 0.0908. The van der Waals surface area contributed by atoms with E-state index in [0.29, 0.717) is 6.04 Å². The first-order valence-electron chi connectivity index (χ1n) is 7.19. The second-order valence-electron chi connectivity index (χ2n) is 5.60. The summed E-state index contributed by atoms with van der Waals surface area (Å²) in [5, 5.41) is 12.6. The van der Waals surface area contributed by atoms with Crippen LogP contribution in [-0.4, -0.2) is 41.1 Å². The standard InChI is InChI=1S/C15H19FN2O2/c16-10-4-3-6-13(19)14(10)15(20)17-11-7-9-18-8-2-1-5-12(11)18/h3-4,6,11-12,19H,1-2,5,7-9H2,(H,17,20). The van der Waals surface area contributed by atoms with Crippen LogP contribution in [0.4, 0.5) is 4.39 Å². The number of rotatable bonds is 2. The van der Waals surface area contributed by atoms with Gasteiger partial charge in [0.2, 0.25) is 0 Å². The van der Waals surface area contributed by atoms with E-state index in [1.807, 2.05) is 0 Å². The van der Waals surface area contributed by atoms with Crippen molar-refractivity contribution < 1.29 is 14.3 Å². The molecule has 2 fully saturated rings. The van der Waals surface area contributed by atoms with Crippen molar-refractivity contribution in [2.45, 2.75) is 37.8 Å². The van der Waals surface area contributed by atoms with Crippen molar-refractivity contribution in [2.24, 2.45) is 0 Å². The molecular weight excluding hydrogens is 259 g/mol. The smallest absolute Gasteiger partial charge is 0.258 e. The average molecular weight is 278 g/mol. The van der Waals surface area contributed by atoms with Crippen LogP contribution in [0.25, 0.3) is 0 Å². The third-order valence-corrected chi connectivity index (χ3v) is 4.39. The van der Waals surface area contributed by atoms with Crippen LogP contribution in [0.3, 0.4) is 0 Å². The van der Waals surface area contributed by atoms with Gasteiger partial charge in [-0.15, -0.1) is 0 Å². The van der Waals surface area contributed by atoms with Crippen LogP contribution in [0, 0.1) is 5.82 Å². The van der Waals surface area contributed by atoms with Gasteiger partial charge in [-0.25, -0.2) is 4.39 Å². The Balaban J connectivity index is 1.73. The molecule has 0 radical (unpaired) electrons. The minimum atomic E-state index is -0.680. The molecule has 2 unspecified atom stereocenters. The first-order valence-corrected chi connectivity index (χ1v) is 7.19. The summed E-state index contributed by atoms with van der Waals surface area (Å²) in [6.45, 7) is 2.07. The number of fused-ring (bicyclic) bond motifs is 1. The zero-order chi connectivity index (χ0) is 14.1. The monoisotopic (exact) mass is 278 g/mol. The van der Waals surface area contributed by atoms with Crippen molar-refractivity contribution in [1.82, 2.24) is 10.2 Å². The Labute approximate surface area is 117 Å². The number of amides is 1. The summed E-state index contributed by atoms with van der Waals surface area (Å²) in [6, 6.07) is 4.33. The van der Waals surface area contributed by atoms with Gasteiger partial charge < -0.3 is 10.4 Å². The fourth-order valence-electron chi connectivity index (χ4n) is 3.39. The van der Waals surface area contributed by atoms with Crippen LogP contribution in [-0.2, 0) is 0 Å². The number of carbonyl (C=O) groups excluding carboxylic acids is 1. The molecule has 0 spiro atoms. The van der Waals surface area contributed by atoms with E-state index in [-0.39, 0.29) is 17.4 Å². The summed E-state index contributed by atoms with van der Waals surface area (Å²) < 4.78 is 13.7. The van der Waals surface area contributed by atoms with Crippen molar-refractivity contribution in [3.63, 3.8) is 0 Å². The van der Waals surface area contributed by atoms with Gasteiger partial charge in [0.15, 0.2) is 0 Å². The number of carbonyl (C=O) groups is 1. The van der Waals surface area contributed by atoms with Gasteiger partial charge in [-0.2, -0.15) is 0 Å². The van der Waals surface area contributed by atoms with Crippen LogP contribution >= 0.6 is 0 Å². The van der Waals surface area contributed by atoms with Gasteiger partial charge in [-0.1, -0.05) is 12.5 Å². The fourth-order valence-corrected chi connectivity index (χ4v) is 3.39. The lowest BCUT2D eigenvalue weighted by Gasteiger charge is -2.32. The maximum atomic E-state index is 13.7. The molecule has 3 rings (SSSR count). The third kappa shape index (κ3) is 2.38. The van der Waals surface area contributed by atoms with E-state index < -0.39 is 11.7 Å². The zero-order valence-corrected chi connectivity index (χ0v) is 11.3. The van der Waals surface area contributed by atoms with Gasteiger partial charge in [-0.3, -0.25) is 9.69 Å². The van der Waals surface area contributed by atoms with Gasteiger partial charge in [-0.05, 0) is 37.9 Å². The Morgan fingerprint density at radius 3 is 2.95 bits per heavy atom. The lowest BCUT2D eigenvalue weighted by Crippen LogP contribution is -2.46. The van der Waals surface area contributed by atoms with Gasteiger partial charge in [0.05, 0.1) is 0 Å². The summed E-state index contributed by atoms with van der Waals surface area (Å²) in [6.07, 6.45) is 4.36. The third-order valence-electron chi connectivity index (χ3n) is 4.39. The van der Waals surface area contributed by atoms with Gasteiger partial charge in [0.1, 0.15) is 17.1 Å². The Kier molecular flexibility index (Phi) is 3.61. The molecule has 20 heavy (non-hydrogen) atoms. The molecule has 0 bridgehead atoms. The summed E-state index contributed by atoms with van der Waals surface area (Å²) >= 11 is 0. The number of hydrogen-bond donors (Lipinski definition) is 2. The van der Waals surface area contributed by atoms with E-state index in [9.17, 15) is 14.3 Å². The highest BCUT2D eigenvalue weighted by atomic mass is 19.1. The fraction of sp³-hybridized carbons (Fsp3) is 0.533. The van der Waals surface area contributed by atoms with Gasteiger partial charge >= 0.3 is 0 Å². The highest BCUT2D eigenvalue weighted by Gasteiger charge is 2.36. The van der Waals surface area contributed by atoms with E-state index in [1.165, 1.54) is 31.0 Å². The molecule has 0 saturated carbocycles. The number of halogens is 1. The quantitative estimate of drug-likeness (QED) is 0.868. The topological polar surface area (TPSA) is 52.6 Å². The van der Waals surface area contributed by atoms with Crippen molar-refractivity contribution in [3.05, 3.63) is 29.6 Å². The average Bonchev–Trinajstić information content (AvgIpc) is 2.82. The minimum absolute atomic E-state index is 0.0572. The highest BCUT2D eigenvalue weighted by Crippen LogP contribution is 2.28. The molecule has 1 amide bonds. The number of piperidine rings is 1. The van der Waals surface area contributed by atoms with Crippen molar-refractivity contribution in [2.75, 3.05) is 13.1 Å². The Morgan fingerprint density at radius 2 is 2.15 bits per heavy atom. The largest absolute Gasteiger partial charge is 0.507 e. The summed E-state index contributed by atoms with van der Waals surface area (Å²) in [7, 11) is 0. The first kappa shape index (κ1) is 13.4. The van der Waals surface area contributed by atoms with Crippen LogP contribution < -0.4 is 5.32 Å². The van der Waals surface area contributed by atoms with Crippen LogP contribution in [0.5, 0.6) is 5.75 Å². The molecule has 5 heteroatoms. The van der Waals surface area contributed by atoms with E-state index in [2.05, 4.69) is 10.2 Å².